The van der Waals surface area contributed by atoms with Crippen molar-refractivity contribution in [3.05, 3.63) is 23.8 Å². The molecule has 1 amide bonds. The molecular weight excluding hydrogens is 272 g/mol. The standard InChI is InChI=1S/C15H22N2O4/c1-3-21-12-5-4-11(6-10(12)7-18)17-14(19)15(2)9-20-8-13(15)16/h4-6,13,18H,3,7-9,16H2,1-2H3,(H,17,19). The zero-order chi connectivity index (χ0) is 15.5. The summed E-state index contributed by atoms with van der Waals surface area (Å²) in [5, 5.41) is 12.2. The van der Waals surface area contributed by atoms with E-state index in [1.54, 1.807) is 25.1 Å². The first-order valence-electron chi connectivity index (χ1n) is 7.02. The molecule has 116 valence electrons. The lowest BCUT2D eigenvalue weighted by molar-refractivity contribution is -0.125. The number of nitrogens with one attached hydrogen (secondary N) is 1. The largest absolute Gasteiger partial charge is 0.494 e. The van der Waals surface area contributed by atoms with Crippen molar-refractivity contribution in [3.63, 3.8) is 0 Å². The van der Waals surface area contributed by atoms with E-state index in [1.807, 2.05) is 6.92 Å². The first kappa shape index (κ1) is 15.8. The van der Waals surface area contributed by atoms with Crippen molar-refractivity contribution < 1.29 is 19.4 Å². The molecule has 1 aromatic carbocycles. The number of benzene rings is 1. The molecular formula is C15H22N2O4. The van der Waals surface area contributed by atoms with Gasteiger partial charge in [-0.15, -0.1) is 0 Å². The second-order valence-electron chi connectivity index (χ2n) is 5.41. The van der Waals surface area contributed by atoms with E-state index in [4.69, 9.17) is 15.2 Å². The average molecular weight is 294 g/mol. The Labute approximate surface area is 124 Å². The van der Waals surface area contributed by atoms with Crippen LogP contribution in [0.3, 0.4) is 0 Å². The number of hydrogen-bond donors (Lipinski definition) is 3. The molecule has 0 aromatic heterocycles. The third-order valence-corrected chi connectivity index (χ3v) is 3.82. The van der Waals surface area contributed by atoms with Crippen molar-refractivity contribution in [1.29, 1.82) is 0 Å². The first-order valence-corrected chi connectivity index (χ1v) is 7.02. The lowest BCUT2D eigenvalue weighted by Gasteiger charge is -2.25. The summed E-state index contributed by atoms with van der Waals surface area (Å²) in [4.78, 5) is 12.4. The maximum absolute atomic E-state index is 12.4. The topological polar surface area (TPSA) is 93.8 Å². The zero-order valence-electron chi connectivity index (χ0n) is 12.4. The number of carbonyl (C=O) groups excluding carboxylic acids is 1. The van der Waals surface area contributed by atoms with Crippen LogP contribution in [0.15, 0.2) is 18.2 Å². The lowest BCUT2D eigenvalue weighted by Crippen LogP contribution is -2.47. The fourth-order valence-corrected chi connectivity index (χ4v) is 2.27. The van der Waals surface area contributed by atoms with Crippen molar-refractivity contribution in [2.75, 3.05) is 25.1 Å². The number of aliphatic hydroxyl groups excluding tert-OH is 1. The van der Waals surface area contributed by atoms with Gasteiger partial charge >= 0.3 is 0 Å². The Morgan fingerprint density at radius 1 is 1.62 bits per heavy atom. The highest BCUT2D eigenvalue weighted by atomic mass is 16.5. The van der Waals surface area contributed by atoms with Crippen molar-refractivity contribution >= 4 is 11.6 Å². The van der Waals surface area contributed by atoms with Gasteiger partial charge in [-0.2, -0.15) is 0 Å². The monoisotopic (exact) mass is 294 g/mol. The third kappa shape index (κ3) is 3.18. The molecule has 6 heteroatoms. The van der Waals surface area contributed by atoms with E-state index in [0.717, 1.165) is 0 Å². The van der Waals surface area contributed by atoms with Crippen molar-refractivity contribution in [3.8, 4) is 5.75 Å². The van der Waals surface area contributed by atoms with Gasteiger partial charge in [0.1, 0.15) is 5.75 Å². The average Bonchev–Trinajstić information content (AvgIpc) is 2.82. The molecule has 1 aliphatic heterocycles. The molecule has 1 aromatic rings. The van der Waals surface area contributed by atoms with E-state index in [-0.39, 0.29) is 18.6 Å². The highest BCUT2D eigenvalue weighted by Gasteiger charge is 2.44. The molecule has 6 nitrogen and oxygen atoms in total. The van der Waals surface area contributed by atoms with Gasteiger partial charge in [-0.1, -0.05) is 0 Å². The summed E-state index contributed by atoms with van der Waals surface area (Å²) in [5.74, 6) is 0.436. The Hall–Kier alpha value is -1.63. The van der Waals surface area contributed by atoms with E-state index < -0.39 is 5.41 Å². The summed E-state index contributed by atoms with van der Waals surface area (Å²) in [6.45, 7) is 4.72. The smallest absolute Gasteiger partial charge is 0.234 e. The van der Waals surface area contributed by atoms with Crippen molar-refractivity contribution in [2.45, 2.75) is 26.5 Å². The lowest BCUT2D eigenvalue weighted by atomic mass is 9.85. The van der Waals surface area contributed by atoms with E-state index in [9.17, 15) is 9.90 Å². The molecule has 21 heavy (non-hydrogen) atoms. The molecule has 2 unspecified atom stereocenters. The number of rotatable bonds is 5. The molecule has 0 saturated carbocycles. The second kappa shape index (κ2) is 6.43. The minimum atomic E-state index is -0.738. The van der Waals surface area contributed by atoms with Gasteiger partial charge in [0.15, 0.2) is 0 Å². The molecule has 0 bridgehead atoms. The van der Waals surface area contributed by atoms with Crippen LogP contribution >= 0.6 is 0 Å². The molecule has 1 aliphatic rings. The Kier molecular flexibility index (Phi) is 4.82. The van der Waals surface area contributed by atoms with Crippen LogP contribution in [0.5, 0.6) is 5.75 Å². The minimum absolute atomic E-state index is 0.154. The van der Waals surface area contributed by atoms with Crippen LogP contribution in [0.4, 0.5) is 5.69 Å². The van der Waals surface area contributed by atoms with Crippen LogP contribution in [-0.4, -0.2) is 36.9 Å². The molecule has 1 fully saturated rings. The minimum Gasteiger partial charge on any atom is -0.494 e. The van der Waals surface area contributed by atoms with E-state index in [1.165, 1.54) is 0 Å². The number of hydrogen-bond acceptors (Lipinski definition) is 5. The van der Waals surface area contributed by atoms with Gasteiger partial charge in [-0.05, 0) is 32.0 Å². The van der Waals surface area contributed by atoms with Crippen LogP contribution in [-0.2, 0) is 16.1 Å². The van der Waals surface area contributed by atoms with Crippen molar-refractivity contribution in [2.24, 2.45) is 11.1 Å². The predicted octanol–water partition coefficient (Wildman–Crippen LogP) is 0.880. The normalized spacial score (nSPS) is 24.9. The number of nitrogens with two attached hydrogens (primary N) is 1. The molecule has 4 N–H and O–H groups in total. The summed E-state index contributed by atoms with van der Waals surface area (Å²) in [6, 6.07) is 4.86. The van der Waals surface area contributed by atoms with Gasteiger partial charge < -0.3 is 25.6 Å². The maximum atomic E-state index is 12.4. The summed E-state index contributed by atoms with van der Waals surface area (Å²) in [5.41, 5.74) is 6.44. The molecule has 1 saturated heterocycles. The van der Waals surface area contributed by atoms with Gasteiger partial charge in [-0.3, -0.25) is 4.79 Å². The van der Waals surface area contributed by atoms with E-state index in [2.05, 4.69) is 5.32 Å². The molecule has 0 radical (unpaired) electrons. The van der Waals surface area contributed by atoms with Gasteiger partial charge in [0.25, 0.3) is 0 Å². The van der Waals surface area contributed by atoms with Gasteiger partial charge in [0, 0.05) is 17.3 Å². The summed E-state index contributed by atoms with van der Waals surface area (Å²) < 4.78 is 10.7. The Bertz CT molecular complexity index is 520. The van der Waals surface area contributed by atoms with Crippen molar-refractivity contribution in [1.82, 2.24) is 0 Å². The molecule has 2 atom stereocenters. The predicted molar refractivity (Wildman–Crippen MR) is 79.1 cm³/mol. The third-order valence-electron chi connectivity index (χ3n) is 3.82. The van der Waals surface area contributed by atoms with E-state index >= 15 is 0 Å². The van der Waals surface area contributed by atoms with Gasteiger partial charge in [0.05, 0.1) is 31.8 Å². The van der Waals surface area contributed by atoms with Crippen LogP contribution in [0.1, 0.15) is 19.4 Å². The molecule has 2 rings (SSSR count). The highest BCUT2D eigenvalue weighted by molar-refractivity contribution is 5.96. The number of carbonyl (C=O) groups is 1. The van der Waals surface area contributed by atoms with Gasteiger partial charge in [-0.25, -0.2) is 0 Å². The Morgan fingerprint density at radius 3 is 2.95 bits per heavy atom. The Morgan fingerprint density at radius 2 is 2.38 bits per heavy atom. The number of aliphatic hydroxyl groups is 1. The number of anilines is 1. The van der Waals surface area contributed by atoms with Crippen LogP contribution in [0, 0.1) is 5.41 Å². The maximum Gasteiger partial charge on any atom is 0.234 e. The second-order valence-corrected chi connectivity index (χ2v) is 5.41. The Balaban J connectivity index is 2.14. The molecule has 0 spiro atoms. The van der Waals surface area contributed by atoms with Gasteiger partial charge in [0.2, 0.25) is 5.91 Å². The number of ether oxygens (including phenoxy) is 2. The van der Waals surface area contributed by atoms with Crippen LogP contribution < -0.4 is 15.8 Å². The highest BCUT2D eigenvalue weighted by Crippen LogP contribution is 2.30. The summed E-state index contributed by atoms with van der Waals surface area (Å²) in [7, 11) is 0. The first-order chi connectivity index (χ1) is 10.0. The SMILES string of the molecule is CCOc1ccc(NC(=O)C2(C)COCC2N)cc1CO. The summed E-state index contributed by atoms with van der Waals surface area (Å²) >= 11 is 0. The van der Waals surface area contributed by atoms with Crippen LogP contribution in [0.25, 0.3) is 0 Å². The zero-order valence-corrected chi connectivity index (χ0v) is 12.4. The number of amides is 1. The fraction of sp³-hybridized carbons (Fsp3) is 0.533. The molecule has 0 aliphatic carbocycles. The summed E-state index contributed by atoms with van der Waals surface area (Å²) in [6.07, 6.45) is 0. The quantitative estimate of drug-likeness (QED) is 0.749. The molecule has 1 heterocycles. The fourth-order valence-electron chi connectivity index (χ4n) is 2.27. The van der Waals surface area contributed by atoms with E-state index in [0.29, 0.717) is 36.8 Å². The van der Waals surface area contributed by atoms with Crippen LogP contribution in [0.2, 0.25) is 0 Å².